The summed E-state index contributed by atoms with van der Waals surface area (Å²) < 4.78 is 0. The minimum absolute atomic E-state index is 0.131. The van der Waals surface area contributed by atoms with Gasteiger partial charge in [-0.2, -0.15) is 0 Å². The Bertz CT molecular complexity index is 3570. The Labute approximate surface area is 393 Å². The Hall–Kier alpha value is -8.20. The Morgan fingerprint density at radius 1 is 0.299 bits per heavy atom. The van der Waals surface area contributed by atoms with Gasteiger partial charge in [-0.25, -0.2) is 0 Å². The average molecular weight is 857 g/mol. The second-order valence-corrected chi connectivity index (χ2v) is 18.9. The summed E-state index contributed by atoms with van der Waals surface area (Å²) in [7, 11) is 0. The van der Waals surface area contributed by atoms with Crippen LogP contribution in [0.1, 0.15) is 52.8 Å². The highest BCUT2D eigenvalue weighted by molar-refractivity contribution is 6.02. The molecular weight excluding hydrogens is 809 g/mol. The van der Waals surface area contributed by atoms with Crippen LogP contribution in [0.3, 0.4) is 0 Å². The summed E-state index contributed by atoms with van der Waals surface area (Å²) in [6.45, 7) is 7.04. The molecule has 0 saturated heterocycles. The molecule has 0 fully saturated rings. The molecule has 2 nitrogen and oxygen atoms in total. The van der Waals surface area contributed by atoms with E-state index in [1.165, 1.54) is 89.1 Å². The molecule has 0 bridgehead atoms. The molecule has 0 aromatic heterocycles. The van der Waals surface area contributed by atoms with E-state index >= 15 is 0 Å². The Morgan fingerprint density at radius 2 is 0.791 bits per heavy atom. The van der Waals surface area contributed by atoms with Crippen LogP contribution in [0.25, 0.3) is 44.5 Å². The number of hydrogen-bond acceptors (Lipinski definition) is 2. The minimum atomic E-state index is -0.575. The Kier molecular flexibility index (Phi) is 8.73. The highest BCUT2D eigenvalue weighted by atomic mass is 15.2. The quantitative estimate of drug-likeness (QED) is 0.158. The monoisotopic (exact) mass is 856 g/mol. The van der Waals surface area contributed by atoms with Crippen molar-refractivity contribution in [2.24, 2.45) is 0 Å². The summed E-state index contributed by atoms with van der Waals surface area (Å²) in [6, 6.07) is 88.0. The summed E-state index contributed by atoms with van der Waals surface area (Å²) in [4.78, 5) is 4.97. The Balaban J connectivity index is 1.06. The van der Waals surface area contributed by atoms with Gasteiger partial charge in [0.1, 0.15) is 0 Å². The molecule has 10 aromatic rings. The molecule has 13 rings (SSSR count). The first kappa shape index (κ1) is 39.2. The highest BCUT2D eigenvalue weighted by Crippen LogP contribution is 2.65. The standard InChI is InChI=1S/C65H48N2/c1-43-39-54-51-30-14-17-33-56(51)65(60(54)42-62(43)67(47-26-11-6-12-27-47)49-37-38-52-50-29-13-16-32-55(50)64(2,3)59(52)41-49)57-34-18-15-31-53(57)63-58(65)35-20-36-61(63)66(46-24-9-5-10-25-46)48-28-19-23-45(40-48)44-21-7-4-8-22-44/h4-42H,1-3H3. The number of para-hydroxylation sites is 2. The van der Waals surface area contributed by atoms with Crippen LogP contribution in [-0.4, -0.2) is 0 Å². The second-order valence-electron chi connectivity index (χ2n) is 18.9. The van der Waals surface area contributed by atoms with Crippen molar-refractivity contribution in [2.75, 3.05) is 9.80 Å². The molecule has 3 aliphatic rings. The van der Waals surface area contributed by atoms with Gasteiger partial charge in [-0.05, 0) is 152 Å². The van der Waals surface area contributed by atoms with Gasteiger partial charge < -0.3 is 9.80 Å². The van der Waals surface area contributed by atoms with E-state index < -0.39 is 5.41 Å². The molecule has 318 valence electrons. The van der Waals surface area contributed by atoms with Gasteiger partial charge in [0.25, 0.3) is 0 Å². The minimum Gasteiger partial charge on any atom is -0.310 e. The summed E-state index contributed by atoms with van der Waals surface area (Å²) >= 11 is 0. The van der Waals surface area contributed by atoms with Crippen LogP contribution in [0.5, 0.6) is 0 Å². The van der Waals surface area contributed by atoms with Gasteiger partial charge >= 0.3 is 0 Å². The maximum Gasteiger partial charge on any atom is 0.0727 e. The molecule has 10 aromatic carbocycles. The first-order valence-corrected chi connectivity index (χ1v) is 23.5. The maximum absolute atomic E-state index is 2.54. The number of nitrogens with zero attached hydrogens (tertiary/aromatic N) is 2. The van der Waals surface area contributed by atoms with Gasteiger partial charge in [0.15, 0.2) is 0 Å². The largest absolute Gasteiger partial charge is 0.310 e. The van der Waals surface area contributed by atoms with E-state index in [0.29, 0.717) is 0 Å². The second kappa shape index (κ2) is 14.9. The molecule has 3 aliphatic carbocycles. The van der Waals surface area contributed by atoms with Gasteiger partial charge in [0.05, 0.1) is 11.1 Å². The van der Waals surface area contributed by atoms with Crippen molar-refractivity contribution in [3.8, 4) is 44.5 Å². The van der Waals surface area contributed by atoms with Crippen LogP contribution in [0.4, 0.5) is 34.1 Å². The van der Waals surface area contributed by atoms with Crippen LogP contribution in [0, 0.1) is 6.92 Å². The van der Waals surface area contributed by atoms with E-state index in [1.54, 1.807) is 0 Å². The number of hydrogen-bond donors (Lipinski definition) is 0. The SMILES string of the molecule is Cc1cc2c(cc1N(c1ccccc1)c1ccc3c(c1)C(C)(C)c1ccccc1-3)C1(c3ccccc3-2)c2ccccc2-c2c(N(c3ccccc3)c3cccc(-c4ccccc4)c3)cccc21. The summed E-state index contributed by atoms with van der Waals surface area (Å²) in [5.74, 6) is 0. The van der Waals surface area contributed by atoms with E-state index in [2.05, 4.69) is 267 Å². The first-order valence-electron chi connectivity index (χ1n) is 23.5. The zero-order valence-electron chi connectivity index (χ0n) is 37.9. The lowest BCUT2D eigenvalue weighted by Crippen LogP contribution is -2.26. The van der Waals surface area contributed by atoms with Gasteiger partial charge in [-0.15, -0.1) is 0 Å². The molecule has 0 amide bonds. The molecule has 0 aliphatic heterocycles. The molecule has 0 saturated carbocycles. The predicted octanol–water partition coefficient (Wildman–Crippen LogP) is 17.3. The average Bonchev–Trinajstić information content (AvgIpc) is 3.93. The number of aryl methyl sites for hydroxylation is 1. The molecule has 2 heteroatoms. The fourth-order valence-corrected chi connectivity index (χ4v) is 12.0. The third-order valence-corrected chi connectivity index (χ3v) is 15.0. The zero-order valence-corrected chi connectivity index (χ0v) is 37.9. The summed E-state index contributed by atoms with van der Waals surface area (Å²) in [5.41, 5.74) is 25.5. The number of fused-ring (bicyclic) bond motifs is 13. The van der Waals surface area contributed by atoms with Crippen LogP contribution in [-0.2, 0) is 10.8 Å². The fraction of sp³-hybridized carbons (Fsp3) is 0.0769. The third kappa shape index (κ3) is 5.69. The molecule has 1 spiro atoms. The number of anilines is 6. The topological polar surface area (TPSA) is 6.48 Å². The smallest absolute Gasteiger partial charge is 0.0727 e. The van der Waals surface area contributed by atoms with Crippen LogP contribution >= 0.6 is 0 Å². The van der Waals surface area contributed by atoms with E-state index in [0.717, 1.165) is 28.4 Å². The Morgan fingerprint density at radius 3 is 1.49 bits per heavy atom. The molecular formula is C65H48N2. The van der Waals surface area contributed by atoms with E-state index in [9.17, 15) is 0 Å². The van der Waals surface area contributed by atoms with Crippen LogP contribution in [0.2, 0.25) is 0 Å². The van der Waals surface area contributed by atoms with Crippen molar-refractivity contribution in [2.45, 2.75) is 31.6 Å². The lowest BCUT2D eigenvalue weighted by Gasteiger charge is -2.34. The number of rotatable bonds is 7. The molecule has 1 atom stereocenters. The maximum atomic E-state index is 2.54. The van der Waals surface area contributed by atoms with E-state index in [1.807, 2.05) is 0 Å². The summed E-state index contributed by atoms with van der Waals surface area (Å²) in [5, 5.41) is 0. The zero-order chi connectivity index (χ0) is 44.9. The van der Waals surface area contributed by atoms with Crippen molar-refractivity contribution < 1.29 is 0 Å². The number of benzene rings is 10. The van der Waals surface area contributed by atoms with Crippen molar-refractivity contribution in [3.05, 3.63) is 276 Å². The van der Waals surface area contributed by atoms with Gasteiger partial charge in [-0.3, -0.25) is 0 Å². The van der Waals surface area contributed by atoms with Gasteiger partial charge in [0.2, 0.25) is 0 Å². The van der Waals surface area contributed by atoms with Crippen LogP contribution < -0.4 is 9.80 Å². The third-order valence-electron chi connectivity index (χ3n) is 15.0. The van der Waals surface area contributed by atoms with Gasteiger partial charge in [0, 0.05) is 39.4 Å². The lowest BCUT2D eigenvalue weighted by molar-refractivity contribution is 0.660. The predicted molar refractivity (Wildman–Crippen MR) is 280 cm³/mol. The highest BCUT2D eigenvalue weighted by Gasteiger charge is 2.53. The van der Waals surface area contributed by atoms with Crippen molar-refractivity contribution in [1.29, 1.82) is 0 Å². The molecule has 1 unspecified atom stereocenters. The van der Waals surface area contributed by atoms with Crippen molar-refractivity contribution >= 4 is 34.1 Å². The van der Waals surface area contributed by atoms with Crippen molar-refractivity contribution in [3.63, 3.8) is 0 Å². The lowest BCUT2D eigenvalue weighted by atomic mass is 9.70. The fourth-order valence-electron chi connectivity index (χ4n) is 12.0. The van der Waals surface area contributed by atoms with Crippen LogP contribution in [0.15, 0.2) is 237 Å². The molecule has 0 heterocycles. The molecule has 0 N–H and O–H groups in total. The van der Waals surface area contributed by atoms with Gasteiger partial charge in [-0.1, -0.05) is 184 Å². The van der Waals surface area contributed by atoms with Crippen molar-refractivity contribution in [1.82, 2.24) is 0 Å². The van der Waals surface area contributed by atoms with E-state index in [4.69, 9.17) is 0 Å². The van der Waals surface area contributed by atoms with E-state index in [-0.39, 0.29) is 5.41 Å². The molecule has 67 heavy (non-hydrogen) atoms. The summed E-state index contributed by atoms with van der Waals surface area (Å²) in [6.07, 6.45) is 0. The molecule has 0 radical (unpaired) electrons. The normalized spacial score (nSPS) is 15.3. The first-order chi connectivity index (χ1) is 32.9.